The number of rotatable bonds is 3. The summed E-state index contributed by atoms with van der Waals surface area (Å²) in [6.45, 7) is 5.92. The van der Waals surface area contributed by atoms with Gasteiger partial charge in [-0.15, -0.1) is 0 Å². The van der Waals surface area contributed by atoms with Crippen LogP contribution >= 0.6 is 11.8 Å². The lowest BCUT2D eigenvalue weighted by Crippen LogP contribution is -2.42. The largest absolute Gasteiger partial charge is 0.444 e. The van der Waals surface area contributed by atoms with Crippen molar-refractivity contribution in [3.05, 3.63) is 11.9 Å². The average molecular weight is 397 g/mol. The molecular weight excluding hydrogens is 374 g/mol. The molecule has 26 heavy (non-hydrogen) atoms. The summed E-state index contributed by atoms with van der Waals surface area (Å²) in [7, 11) is 1.37. The molecule has 1 aliphatic heterocycles. The number of hydrogen-bond donors (Lipinski definition) is 0. The number of aromatic nitrogens is 2. The molecule has 1 amide bonds. The fourth-order valence-electron chi connectivity index (χ4n) is 2.64. The number of thioether (sulfide) groups is 1. The zero-order chi connectivity index (χ0) is 19.7. The van der Waals surface area contributed by atoms with E-state index in [-0.39, 0.29) is 4.90 Å². The van der Waals surface area contributed by atoms with Crippen molar-refractivity contribution in [1.29, 1.82) is 0 Å². The van der Waals surface area contributed by atoms with E-state index in [1.807, 2.05) is 0 Å². The maximum atomic E-state index is 14.6. The maximum absolute atomic E-state index is 14.6. The Labute approximate surface area is 154 Å². The number of ether oxygens (including phenoxy) is 1. The van der Waals surface area contributed by atoms with E-state index in [0.717, 1.165) is 4.68 Å². The monoisotopic (exact) mass is 397 g/mol. The van der Waals surface area contributed by atoms with Crippen LogP contribution in [0.1, 0.15) is 39.3 Å². The van der Waals surface area contributed by atoms with Crippen LogP contribution in [0.15, 0.2) is 11.1 Å². The number of halogens is 4. The predicted octanol–water partition coefficient (Wildman–Crippen LogP) is 4.47. The van der Waals surface area contributed by atoms with Gasteiger partial charge in [0.25, 0.3) is 0 Å². The molecule has 2 rings (SSSR count). The SMILES string of the molecule is Cn1cc(SC(F)C2CCN(C(=O)OC(C)(C)C)CC2)c(C(F)(F)F)n1. The molecule has 0 spiro atoms. The number of nitrogens with zero attached hydrogens (tertiary/aromatic N) is 3. The first kappa shape index (κ1) is 20.9. The minimum absolute atomic E-state index is 0.220. The number of alkyl halides is 4. The van der Waals surface area contributed by atoms with Gasteiger partial charge in [-0.3, -0.25) is 4.68 Å². The lowest BCUT2D eigenvalue weighted by molar-refractivity contribution is -0.143. The summed E-state index contributed by atoms with van der Waals surface area (Å²) in [4.78, 5) is 13.3. The summed E-state index contributed by atoms with van der Waals surface area (Å²) < 4.78 is 59.8. The summed E-state index contributed by atoms with van der Waals surface area (Å²) in [5.74, 6) is -0.431. The fourth-order valence-corrected chi connectivity index (χ4v) is 3.83. The van der Waals surface area contributed by atoms with Gasteiger partial charge in [0.05, 0.1) is 4.90 Å². The first-order chi connectivity index (χ1) is 11.9. The average Bonchev–Trinajstić information content (AvgIpc) is 2.86. The highest BCUT2D eigenvalue weighted by atomic mass is 32.2. The standard InChI is InChI=1S/C16H23F4N3O2S/c1-15(2,3)25-14(24)23-7-5-10(6-8-23)13(17)26-11-9-22(4)21-12(11)16(18,19)20/h9-10,13H,5-8H2,1-4H3. The van der Waals surface area contributed by atoms with Crippen LogP contribution in [0.4, 0.5) is 22.4 Å². The van der Waals surface area contributed by atoms with Gasteiger partial charge in [0, 0.05) is 32.3 Å². The molecule has 0 bridgehead atoms. The van der Waals surface area contributed by atoms with Gasteiger partial charge in [-0.2, -0.15) is 18.3 Å². The van der Waals surface area contributed by atoms with Gasteiger partial charge in [0.15, 0.2) is 11.2 Å². The third-order valence-corrected chi connectivity index (χ3v) is 5.03. The molecule has 148 valence electrons. The molecule has 2 heterocycles. The molecule has 1 aromatic rings. The highest BCUT2D eigenvalue weighted by Crippen LogP contribution is 2.40. The minimum atomic E-state index is -4.62. The number of aryl methyl sites for hydroxylation is 1. The van der Waals surface area contributed by atoms with Gasteiger partial charge in [0.1, 0.15) is 5.60 Å². The molecule has 1 unspecified atom stereocenters. The van der Waals surface area contributed by atoms with Crippen molar-refractivity contribution in [2.24, 2.45) is 13.0 Å². The fraction of sp³-hybridized carbons (Fsp3) is 0.750. The van der Waals surface area contributed by atoms with Crippen molar-refractivity contribution >= 4 is 17.9 Å². The van der Waals surface area contributed by atoms with E-state index < -0.39 is 35.0 Å². The molecule has 1 saturated heterocycles. The van der Waals surface area contributed by atoms with Gasteiger partial charge >= 0.3 is 12.3 Å². The smallest absolute Gasteiger partial charge is 0.436 e. The van der Waals surface area contributed by atoms with Gasteiger partial charge < -0.3 is 9.64 Å². The highest BCUT2D eigenvalue weighted by Gasteiger charge is 2.39. The number of amides is 1. The van der Waals surface area contributed by atoms with Crippen LogP contribution in [0.25, 0.3) is 0 Å². The number of piperidine rings is 1. The first-order valence-corrected chi connectivity index (χ1v) is 9.14. The Morgan fingerprint density at radius 1 is 1.31 bits per heavy atom. The number of carbonyl (C=O) groups is 1. The van der Waals surface area contributed by atoms with E-state index >= 15 is 0 Å². The van der Waals surface area contributed by atoms with Crippen molar-refractivity contribution in [3.63, 3.8) is 0 Å². The third-order valence-electron chi connectivity index (χ3n) is 3.87. The minimum Gasteiger partial charge on any atom is -0.444 e. The van der Waals surface area contributed by atoms with Crippen LogP contribution < -0.4 is 0 Å². The topological polar surface area (TPSA) is 47.4 Å². The molecule has 10 heteroatoms. The van der Waals surface area contributed by atoms with Crippen LogP contribution in [0.3, 0.4) is 0 Å². The number of likely N-dealkylation sites (tertiary alicyclic amines) is 1. The maximum Gasteiger partial charge on any atom is 0.436 e. The van der Waals surface area contributed by atoms with Crippen LogP contribution in [-0.4, -0.2) is 45.0 Å². The molecule has 0 radical (unpaired) electrons. The number of carbonyl (C=O) groups excluding carboxylic acids is 1. The van der Waals surface area contributed by atoms with Crippen molar-refractivity contribution < 1.29 is 27.1 Å². The lowest BCUT2D eigenvalue weighted by Gasteiger charge is -2.34. The Bertz CT molecular complexity index is 634. The molecule has 5 nitrogen and oxygen atoms in total. The molecule has 0 N–H and O–H groups in total. The van der Waals surface area contributed by atoms with Crippen molar-refractivity contribution in [2.45, 2.75) is 55.8 Å². The van der Waals surface area contributed by atoms with E-state index in [0.29, 0.717) is 37.7 Å². The van der Waals surface area contributed by atoms with E-state index in [2.05, 4.69) is 5.10 Å². The van der Waals surface area contributed by atoms with Crippen molar-refractivity contribution in [1.82, 2.24) is 14.7 Å². The number of hydrogen-bond acceptors (Lipinski definition) is 4. The van der Waals surface area contributed by atoms with E-state index in [9.17, 15) is 22.4 Å². The normalized spacial score (nSPS) is 18.1. The first-order valence-electron chi connectivity index (χ1n) is 8.26. The highest BCUT2D eigenvalue weighted by molar-refractivity contribution is 7.99. The Morgan fingerprint density at radius 2 is 1.88 bits per heavy atom. The molecule has 1 atom stereocenters. The Kier molecular flexibility index (Phi) is 6.14. The second-order valence-electron chi connectivity index (χ2n) is 7.29. The molecule has 0 aromatic carbocycles. The molecule has 1 aliphatic rings. The summed E-state index contributed by atoms with van der Waals surface area (Å²) in [6, 6.07) is 0. The molecule has 0 saturated carbocycles. The quantitative estimate of drug-likeness (QED) is 0.558. The van der Waals surface area contributed by atoms with Crippen LogP contribution in [-0.2, 0) is 18.0 Å². The lowest BCUT2D eigenvalue weighted by atomic mass is 9.98. The van der Waals surface area contributed by atoms with Crippen molar-refractivity contribution in [3.8, 4) is 0 Å². The van der Waals surface area contributed by atoms with Gasteiger partial charge in [-0.05, 0) is 33.6 Å². The van der Waals surface area contributed by atoms with E-state index in [4.69, 9.17) is 4.74 Å². The Morgan fingerprint density at radius 3 is 2.38 bits per heavy atom. The van der Waals surface area contributed by atoms with Crippen molar-refractivity contribution in [2.75, 3.05) is 13.1 Å². The molecule has 0 aliphatic carbocycles. The molecule has 1 fully saturated rings. The predicted molar refractivity (Wildman–Crippen MR) is 89.5 cm³/mol. The van der Waals surface area contributed by atoms with E-state index in [1.54, 1.807) is 20.8 Å². The second-order valence-corrected chi connectivity index (χ2v) is 8.41. The second kappa shape index (κ2) is 7.66. The van der Waals surface area contributed by atoms with Crippen LogP contribution in [0.2, 0.25) is 0 Å². The van der Waals surface area contributed by atoms with E-state index in [1.165, 1.54) is 18.1 Å². The van der Waals surface area contributed by atoms with Crippen LogP contribution in [0, 0.1) is 5.92 Å². The van der Waals surface area contributed by atoms with Gasteiger partial charge in [-0.1, -0.05) is 11.8 Å². The summed E-state index contributed by atoms with van der Waals surface area (Å²) in [5.41, 5.74) is -3.18. The Hall–Kier alpha value is -1.45. The summed E-state index contributed by atoms with van der Waals surface area (Å²) in [5, 5.41) is 3.38. The third kappa shape index (κ3) is 5.52. The zero-order valence-corrected chi connectivity index (χ0v) is 16.0. The van der Waals surface area contributed by atoms with Gasteiger partial charge in [0.2, 0.25) is 0 Å². The summed E-state index contributed by atoms with van der Waals surface area (Å²) in [6.07, 6.45) is -3.16. The molecular formula is C16H23F4N3O2S. The zero-order valence-electron chi connectivity index (χ0n) is 15.1. The van der Waals surface area contributed by atoms with Crippen LogP contribution in [0.5, 0.6) is 0 Å². The molecule has 1 aromatic heterocycles. The summed E-state index contributed by atoms with van der Waals surface area (Å²) >= 11 is 0.539. The van der Waals surface area contributed by atoms with Gasteiger partial charge in [-0.25, -0.2) is 9.18 Å². The Balaban J connectivity index is 1.93.